The molecule has 0 saturated carbocycles. The van der Waals surface area contributed by atoms with Gasteiger partial charge in [-0.3, -0.25) is 4.79 Å². The normalized spacial score (nSPS) is 15.6. The quantitative estimate of drug-likeness (QED) is 0.266. The zero-order valence-corrected chi connectivity index (χ0v) is 19.2. The Kier molecular flexibility index (Phi) is 10.6. The highest BCUT2D eigenvalue weighted by molar-refractivity contribution is 6.30. The van der Waals surface area contributed by atoms with Crippen LogP contribution in [0.3, 0.4) is 0 Å². The summed E-state index contributed by atoms with van der Waals surface area (Å²) in [6.45, 7) is 13.0. The minimum Gasteiger partial charge on any atom is -0.469 e. The molecule has 1 aliphatic heterocycles. The van der Waals surface area contributed by atoms with Gasteiger partial charge in [0.1, 0.15) is 6.29 Å². The molecular weight excluding hydrogens is 400 g/mol. The van der Waals surface area contributed by atoms with E-state index in [4.69, 9.17) is 16.3 Å². The number of likely N-dealkylation sites (N-methyl/N-ethyl adjacent to an activating group) is 1. The van der Waals surface area contributed by atoms with Crippen LogP contribution in [0, 0.1) is 0 Å². The molecule has 164 valence electrons. The molecule has 1 heterocycles. The van der Waals surface area contributed by atoms with Gasteiger partial charge in [-0.15, -0.1) is 0 Å². The van der Waals surface area contributed by atoms with E-state index in [1.165, 1.54) is 7.11 Å². The zero-order chi connectivity index (χ0) is 22.7. The molecule has 2 rings (SSSR count). The zero-order valence-electron chi connectivity index (χ0n) is 18.4. The number of allylic oxidation sites excluding steroid dienone is 2. The van der Waals surface area contributed by atoms with E-state index in [1.807, 2.05) is 31.3 Å². The molecule has 0 radical (unpaired) electrons. The molecule has 0 amide bonds. The highest BCUT2D eigenvalue weighted by Gasteiger charge is 2.28. The smallest absolute Gasteiger partial charge is 0.306 e. The van der Waals surface area contributed by atoms with Crippen molar-refractivity contribution in [1.82, 2.24) is 5.32 Å². The highest BCUT2D eigenvalue weighted by atomic mass is 35.5. The van der Waals surface area contributed by atoms with Crippen molar-refractivity contribution in [2.75, 3.05) is 32.1 Å². The van der Waals surface area contributed by atoms with E-state index in [-0.39, 0.29) is 17.4 Å². The maximum Gasteiger partial charge on any atom is 0.306 e. The second-order valence-electron chi connectivity index (χ2n) is 7.63. The number of nitrogens with one attached hydrogen (secondary N) is 1. The molecule has 0 bridgehead atoms. The van der Waals surface area contributed by atoms with Crippen LogP contribution in [-0.2, 0) is 14.3 Å². The topological polar surface area (TPSA) is 58.6 Å². The molecular formula is C24H33ClN2O3. The number of benzene rings is 1. The first-order chi connectivity index (χ1) is 14.2. The van der Waals surface area contributed by atoms with Gasteiger partial charge < -0.3 is 19.7 Å². The summed E-state index contributed by atoms with van der Waals surface area (Å²) >= 11 is 5.97. The van der Waals surface area contributed by atoms with Gasteiger partial charge in [0.05, 0.1) is 13.5 Å². The summed E-state index contributed by atoms with van der Waals surface area (Å²) < 4.78 is 4.70. The predicted molar refractivity (Wildman–Crippen MR) is 125 cm³/mol. The number of fused-ring (bicyclic) bond motifs is 1. The van der Waals surface area contributed by atoms with Crippen molar-refractivity contribution in [2.24, 2.45) is 0 Å². The van der Waals surface area contributed by atoms with Gasteiger partial charge in [-0.25, -0.2) is 0 Å². The molecule has 5 nitrogen and oxygen atoms in total. The summed E-state index contributed by atoms with van der Waals surface area (Å²) in [7, 11) is 3.43. The minimum atomic E-state index is -0.175. The Hall–Kier alpha value is -2.37. The summed E-state index contributed by atoms with van der Waals surface area (Å²) in [4.78, 5) is 23.6. The van der Waals surface area contributed by atoms with Gasteiger partial charge in [-0.1, -0.05) is 43.0 Å². The van der Waals surface area contributed by atoms with E-state index in [1.54, 1.807) is 12.2 Å². The van der Waals surface area contributed by atoms with Gasteiger partial charge in [0.15, 0.2) is 0 Å². The van der Waals surface area contributed by atoms with Crippen LogP contribution in [0.4, 0.5) is 5.69 Å². The van der Waals surface area contributed by atoms with Crippen LogP contribution in [0.2, 0.25) is 5.02 Å². The fourth-order valence-corrected chi connectivity index (χ4v) is 3.57. The molecule has 1 atom stereocenters. The lowest BCUT2D eigenvalue weighted by Gasteiger charge is -2.27. The van der Waals surface area contributed by atoms with Gasteiger partial charge >= 0.3 is 5.97 Å². The fraction of sp³-hybridized carbons (Fsp3) is 0.417. The third-order valence-corrected chi connectivity index (χ3v) is 5.28. The number of carbonyl (C=O) groups is 2. The van der Waals surface area contributed by atoms with Gasteiger partial charge in [0, 0.05) is 48.7 Å². The lowest BCUT2D eigenvalue weighted by atomic mass is 9.93. The maximum absolute atomic E-state index is 11.3. The van der Waals surface area contributed by atoms with E-state index >= 15 is 0 Å². The van der Waals surface area contributed by atoms with Gasteiger partial charge in [-0.05, 0) is 43.2 Å². The standard InChI is InChI=1S/C12H14ClNO2.C12H19NO/c1-14-7-8(5-12(15)16-2)10-6-9(13)3-4-11(10)14;1-5-8-11(6-2)12(3,4)13-9-7-10-14/h3-4,6,8H,5,7H2,1-2H3;5-6,8,10,13H,1-2,7,9H2,3-4H3/b;11-8+. The van der Waals surface area contributed by atoms with Gasteiger partial charge in [0.25, 0.3) is 0 Å². The first-order valence-corrected chi connectivity index (χ1v) is 10.3. The number of ether oxygens (including phenoxy) is 1. The van der Waals surface area contributed by atoms with E-state index in [0.717, 1.165) is 29.7 Å². The number of aldehydes is 1. The molecule has 1 aliphatic rings. The Labute approximate surface area is 185 Å². The van der Waals surface area contributed by atoms with Crippen LogP contribution in [0.15, 0.2) is 55.2 Å². The van der Waals surface area contributed by atoms with Crippen LogP contribution in [0.25, 0.3) is 0 Å². The average Bonchev–Trinajstić information content (AvgIpc) is 3.01. The minimum absolute atomic E-state index is 0.168. The van der Waals surface area contributed by atoms with Crippen molar-refractivity contribution in [3.8, 4) is 0 Å². The number of methoxy groups -OCH3 is 1. The predicted octanol–water partition coefficient (Wildman–Crippen LogP) is 4.68. The van der Waals surface area contributed by atoms with E-state index < -0.39 is 0 Å². The molecule has 1 unspecified atom stereocenters. The maximum atomic E-state index is 11.3. The molecule has 30 heavy (non-hydrogen) atoms. The molecule has 0 aromatic heterocycles. The van der Waals surface area contributed by atoms with Crippen LogP contribution < -0.4 is 10.2 Å². The largest absolute Gasteiger partial charge is 0.469 e. The second-order valence-corrected chi connectivity index (χ2v) is 8.07. The molecule has 6 heteroatoms. The van der Waals surface area contributed by atoms with Crippen LogP contribution in [-0.4, -0.2) is 45.0 Å². The van der Waals surface area contributed by atoms with Crippen molar-refractivity contribution in [1.29, 1.82) is 0 Å². The number of esters is 1. The third kappa shape index (κ3) is 7.47. The van der Waals surface area contributed by atoms with E-state index in [2.05, 4.69) is 37.2 Å². The Bertz CT molecular complexity index is 787. The number of carbonyl (C=O) groups excluding carboxylic acids is 2. The monoisotopic (exact) mass is 432 g/mol. The number of nitrogens with zero attached hydrogens (tertiary/aromatic N) is 1. The number of hydrogen-bond acceptors (Lipinski definition) is 5. The Balaban J connectivity index is 0.000000304. The Morgan fingerprint density at radius 1 is 1.40 bits per heavy atom. The SMILES string of the molecule is C=C/C=C(\C=C)C(C)(C)NCCC=O.COC(=O)CC1CN(C)c2ccc(Cl)cc21. The van der Waals surface area contributed by atoms with Gasteiger partial charge in [0.2, 0.25) is 0 Å². The molecule has 1 aromatic rings. The molecule has 1 N–H and O–H groups in total. The van der Waals surface area contributed by atoms with E-state index in [0.29, 0.717) is 24.4 Å². The average molecular weight is 433 g/mol. The molecule has 0 spiro atoms. The first-order valence-electron chi connectivity index (χ1n) is 9.91. The van der Waals surface area contributed by atoms with Crippen molar-refractivity contribution in [3.63, 3.8) is 0 Å². The van der Waals surface area contributed by atoms with Crippen LogP contribution in [0.1, 0.15) is 38.2 Å². The number of hydrogen-bond donors (Lipinski definition) is 1. The highest BCUT2D eigenvalue weighted by Crippen LogP contribution is 2.38. The first kappa shape index (κ1) is 25.7. The number of rotatable bonds is 9. The van der Waals surface area contributed by atoms with Crippen LogP contribution in [0.5, 0.6) is 0 Å². The lowest BCUT2D eigenvalue weighted by Crippen LogP contribution is -2.41. The summed E-state index contributed by atoms with van der Waals surface area (Å²) in [5.41, 5.74) is 3.19. The summed E-state index contributed by atoms with van der Waals surface area (Å²) in [6, 6.07) is 5.81. The van der Waals surface area contributed by atoms with Crippen molar-refractivity contribution < 1.29 is 14.3 Å². The molecule has 1 aromatic carbocycles. The third-order valence-electron chi connectivity index (χ3n) is 5.04. The Morgan fingerprint density at radius 2 is 2.10 bits per heavy atom. The summed E-state index contributed by atoms with van der Waals surface area (Å²) in [5, 5.41) is 3.99. The fourth-order valence-electron chi connectivity index (χ4n) is 3.39. The summed E-state index contributed by atoms with van der Waals surface area (Å²) in [5.74, 6) is 0.0115. The second kappa shape index (κ2) is 12.4. The van der Waals surface area contributed by atoms with Crippen LogP contribution >= 0.6 is 11.6 Å². The van der Waals surface area contributed by atoms with Crippen molar-refractivity contribution in [3.05, 3.63) is 65.7 Å². The molecule has 0 saturated heterocycles. The molecule has 0 aliphatic carbocycles. The van der Waals surface area contributed by atoms with E-state index in [9.17, 15) is 9.59 Å². The number of anilines is 1. The van der Waals surface area contributed by atoms with Gasteiger partial charge in [-0.2, -0.15) is 0 Å². The number of halogens is 1. The Morgan fingerprint density at radius 3 is 2.67 bits per heavy atom. The lowest BCUT2D eigenvalue weighted by molar-refractivity contribution is -0.141. The van der Waals surface area contributed by atoms with Crippen molar-refractivity contribution >= 4 is 29.5 Å². The molecule has 0 fully saturated rings. The summed E-state index contributed by atoms with van der Waals surface area (Å²) in [6.07, 6.45) is 7.31. The van der Waals surface area contributed by atoms with Crippen molar-refractivity contribution in [2.45, 2.75) is 38.1 Å².